The van der Waals surface area contributed by atoms with Crippen molar-refractivity contribution in [3.05, 3.63) is 29.3 Å². The minimum absolute atomic E-state index is 0.816. The van der Waals surface area contributed by atoms with Crippen LogP contribution >= 0.6 is 0 Å². The van der Waals surface area contributed by atoms with Crippen molar-refractivity contribution in [1.82, 2.24) is 4.90 Å². The molecule has 0 spiro atoms. The van der Waals surface area contributed by atoms with E-state index in [1.165, 1.54) is 30.4 Å². The third kappa shape index (κ3) is 2.99. The molecule has 2 rings (SSSR count). The number of rotatable bonds is 5. The summed E-state index contributed by atoms with van der Waals surface area (Å²) in [6.45, 7) is 1.90. The minimum atomic E-state index is 0.816. The molecule has 2 nitrogen and oxygen atoms in total. The van der Waals surface area contributed by atoms with Gasteiger partial charge in [0.25, 0.3) is 0 Å². The first-order chi connectivity index (χ1) is 7.75. The Morgan fingerprint density at radius 2 is 2.00 bits per heavy atom. The van der Waals surface area contributed by atoms with Crippen LogP contribution < -0.4 is 4.74 Å². The molecule has 0 fully saturated rings. The van der Waals surface area contributed by atoms with Crippen molar-refractivity contribution in [1.29, 1.82) is 0 Å². The average molecular weight is 219 g/mol. The Kier molecular flexibility index (Phi) is 3.83. The van der Waals surface area contributed by atoms with Crippen molar-refractivity contribution in [3.63, 3.8) is 0 Å². The van der Waals surface area contributed by atoms with E-state index in [0.29, 0.717) is 0 Å². The normalized spacial score (nSPS) is 14.2. The summed E-state index contributed by atoms with van der Waals surface area (Å²) in [6, 6.07) is 6.56. The molecule has 0 amide bonds. The molecule has 0 aliphatic heterocycles. The molecule has 1 aromatic rings. The maximum Gasteiger partial charge on any atom is 0.119 e. The maximum absolute atomic E-state index is 5.75. The van der Waals surface area contributed by atoms with Gasteiger partial charge in [0.2, 0.25) is 0 Å². The predicted molar refractivity (Wildman–Crippen MR) is 67.1 cm³/mol. The van der Waals surface area contributed by atoms with Crippen LogP contribution in [0, 0.1) is 0 Å². The summed E-state index contributed by atoms with van der Waals surface area (Å²) in [5.41, 5.74) is 3.01. The number of ether oxygens (including phenoxy) is 1. The van der Waals surface area contributed by atoms with Gasteiger partial charge in [0.1, 0.15) is 5.75 Å². The lowest BCUT2D eigenvalue weighted by Crippen LogP contribution is -2.15. The average Bonchev–Trinajstić information content (AvgIpc) is 2.71. The summed E-state index contributed by atoms with van der Waals surface area (Å²) in [7, 11) is 4.19. The van der Waals surface area contributed by atoms with E-state index in [4.69, 9.17) is 4.74 Å². The highest BCUT2D eigenvalue weighted by Crippen LogP contribution is 2.25. The van der Waals surface area contributed by atoms with Crippen molar-refractivity contribution in [2.45, 2.75) is 25.7 Å². The van der Waals surface area contributed by atoms with Crippen molar-refractivity contribution in [2.75, 3.05) is 27.2 Å². The van der Waals surface area contributed by atoms with E-state index >= 15 is 0 Å². The standard InChI is InChI=1S/C14H21NO/c1-15(2)9-4-10-16-14-8-7-12-5-3-6-13(12)11-14/h7-8,11H,3-6,9-10H2,1-2H3. The largest absolute Gasteiger partial charge is 0.494 e. The number of hydrogen-bond acceptors (Lipinski definition) is 2. The number of hydrogen-bond donors (Lipinski definition) is 0. The molecule has 88 valence electrons. The molecule has 0 radical (unpaired) electrons. The van der Waals surface area contributed by atoms with Gasteiger partial charge in [0, 0.05) is 6.54 Å². The quantitative estimate of drug-likeness (QED) is 0.706. The van der Waals surface area contributed by atoms with Crippen LogP contribution in [-0.2, 0) is 12.8 Å². The summed E-state index contributed by atoms with van der Waals surface area (Å²) < 4.78 is 5.75. The highest BCUT2D eigenvalue weighted by Gasteiger charge is 2.10. The first-order valence-electron chi connectivity index (χ1n) is 6.15. The van der Waals surface area contributed by atoms with Gasteiger partial charge in [-0.3, -0.25) is 0 Å². The Morgan fingerprint density at radius 1 is 1.19 bits per heavy atom. The van der Waals surface area contributed by atoms with E-state index in [1.807, 2.05) is 0 Å². The third-order valence-electron chi connectivity index (χ3n) is 3.09. The number of aryl methyl sites for hydroxylation is 2. The zero-order valence-corrected chi connectivity index (χ0v) is 10.3. The lowest BCUT2D eigenvalue weighted by Gasteiger charge is -2.11. The van der Waals surface area contributed by atoms with Crippen molar-refractivity contribution in [3.8, 4) is 5.75 Å². The lowest BCUT2D eigenvalue weighted by atomic mass is 10.1. The fourth-order valence-corrected chi connectivity index (χ4v) is 2.21. The van der Waals surface area contributed by atoms with E-state index in [1.54, 1.807) is 0 Å². The third-order valence-corrected chi connectivity index (χ3v) is 3.09. The van der Waals surface area contributed by atoms with Crippen molar-refractivity contribution in [2.24, 2.45) is 0 Å². The van der Waals surface area contributed by atoms with Gasteiger partial charge in [-0.25, -0.2) is 0 Å². The zero-order valence-electron chi connectivity index (χ0n) is 10.3. The maximum atomic E-state index is 5.75. The first-order valence-corrected chi connectivity index (χ1v) is 6.15. The van der Waals surface area contributed by atoms with Crippen LogP contribution in [-0.4, -0.2) is 32.1 Å². The van der Waals surface area contributed by atoms with E-state index in [0.717, 1.165) is 25.3 Å². The van der Waals surface area contributed by atoms with Crippen LogP contribution in [0.25, 0.3) is 0 Å². The van der Waals surface area contributed by atoms with Gasteiger partial charge in [-0.2, -0.15) is 0 Å². The minimum Gasteiger partial charge on any atom is -0.494 e. The molecular formula is C14H21NO. The van der Waals surface area contributed by atoms with E-state index in [2.05, 4.69) is 37.2 Å². The number of fused-ring (bicyclic) bond motifs is 1. The second-order valence-corrected chi connectivity index (χ2v) is 4.79. The molecule has 0 unspecified atom stereocenters. The Morgan fingerprint density at radius 3 is 2.81 bits per heavy atom. The van der Waals surface area contributed by atoms with E-state index < -0.39 is 0 Å². The summed E-state index contributed by atoms with van der Waals surface area (Å²) in [6.07, 6.45) is 4.87. The highest BCUT2D eigenvalue weighted by molar-refractivity contribution is 5.38. The molecule has 0 N–H and O–H groups in total. The molecular weight excluding hydrogens is 198 g/mol. The predicted octanol–water partition coefficient (Wildman–Crippen LogP) is 2.51. The molecule has 0 saturated carbocycles. The van der Waals surface area contributed by atoms with Gasteiger partial charge in [-0.15, -0.1) is 0 Å². The molecule has 1 aromatic carbocycles. The van der Waals surface area contributed by atoms with E-state index in [-0.39, 0.29) is 0 Å². The molecule has 0 aromatic heterocycles. The summed E-state index contributed by atoms with van der Waals surface area (Å²) in [5, 5.41) is 0. The summed E-state index contributed by atoms with van der Waals surface area (Å²) in [5.74, 6) is 1.04. The van der Waals surface area contributed by atoms with Gasteiger partial charge in [-0.05, 0) is 63.0 Å². The highest BCUT2D eigenvalue weighted by atomic mass is 16.5. The van der Waals surface area contributed by atoms with Crippen LogP contribution in [0.15, 0.2) is 18.2 Å². The van der Waals surface area contributed by atoms with Crippen LogP contribution in [0.3, 0.4) is 0 Å². The Labute approximate surface area is 98.2 Å². The summed E-state index contributed by atoms with van der Waals surface area (Å²) in [4.78, 5) is 2.19. The van der Waals surface area contributed by atoms with Gasteiger partial charge in [-0.1, -0.05) is 6.07 Å². The molecule has 2 heteroatoms. The van der Waals surface area contributed by atoms with Crippen LogP contribution in [0.1, 0.15) is 24.0 Å². The lowest BCUT2D eigenvalue weighted by molar-refractivity contribution is 0.281. The van der Waals surface area contributed by atoms with Crippen LogP contribution in [0.4, 0.5) is 0 Å². The monoisotopic (exact) mass is 219 g/mol. The Hall–Kier alpha value is -1.02. The van der Waals surface area contributed by atoms with Crippen molar-refractivity contribution < 1.29 is 4.74 Å². The van der Waals surface area contributed by atoms with Gasteiger partial charge < -0.3 is 9.64 Å². The van der Waals surface area contributed by atoms with Gasteiger partial charge in [0.05, 0.1) is 6.61 Å². The van der Waals surface area contributed by atoms with Gasteiger partial charge >= 0.3 is 0 Å². The number of benzene rings is 1. The summed E-state index contributed by atoms with van der Waals surface area (Å²) >= 11 is 0. The fourth-order valence-electron chi connectivity index (χ4n) is 2.21. The SMILES string of the molecule is CN(C)CCCOc1ccc2c(c1)CCC2. The molecule has 0 heterocycles. The zero-order chi connectivity index (χ0) is 11.4. The molecule has 16 heavy (non-hydrogen) atoms. The topological polar surface area (TPSA) is 12.5 Å². The fraction of sp³-hybridized carbons (Fsp3) is 0.571. The second kappa shape index (κ2) is 5.35. The molecule has 0 atom stereocenters. The molecule has 1 aliphatic carbocycles. The molecule has 0 bridgehead atoms. The molecule has 1 aliphatic rings. The van der Waals surface area contributed by atoms with Crippen LogP contribution in [0.2, 0.25) is 0 Å². The van der Waals surface area contributed by atoms with E-state index in [9.17, 15) is 0 Å². The second-order valence-electron chi connectivity index (χ2n) is 4.79. The smallest absolute Gasteiger partial charge is 0.119 e. The Balaban J connectivity index is 1.81. The van der Waals surface area contributed by atoms with Crippen LogP contribution in [0.5, 0.6) is 5.75 Å². The van der Waals surface area contributed by atoms with Crippen molar-refractivity contribution >= 4 is 0 Å². The van der Waals surface area contributed by atoms with Gasteiger partial charge in [0.15, 0.2) is 0 Å². The molecule has 0 saturated heterocycles. The number of nitrogens with zero attached hydrogens (tertiary/aromatic N) is 1. The Bertz CT molecular complexity index is 347. The first kappa shape index (κ1) is 11.5.